The molecule has 2 aliphatic rings. The second kappa shape index (κ2) is 3.60. The van der Waals surface area contributed by atoms with Crippen molar-refractivity contribution in [2.45, 2.75) is 12.8 Å². The molecule has 0 aromatic carbocycles. The van der Waals surface area contributed by atoms with E-state index in [0.717, 1.165) is 31.6 Å². The lowest BCUT2D eigenvalue weighted by Gasteiger charge is -2.19. The van der Waals surface area contributed by atoms with Crippen LogP contribution in [0.4, 0.5) is 0 Å². The van der Waals surface area contributed by atoms with E-state index in [-0.39, 0.29) is 5.57 Å². The third kappa shape index (κ3) is 1.52. The molecule has 2 heterocycles. The van der Waals surface area contributed by atoms with Crippen molar-refractivity contribution < 1.29 is 9.59 Å². The molecule has 0 bridgehead atoms. The maximum Gasteiger partial charge on any atom is 0.288 e. The third-order valence-electron chi connectivity index (χ3n) is 2.42. The maximum atomic E-state index is 11.0. The molecular weight excluding hydrogens is 180 g/mol. The number of aliphatic imine (C=N–C) groups is 1. The van der Waals surface area contributed by atoms with Gasteiger partial charge >= 0.3 is 0 Å². The zero-order chi connectivity index (χ0) is 9.97. The Hall–Kier alpha value is -1.67. The topological polar surface area (TPSA) is 49.7 Å². The summed E-state index contributed by atoms with van der Waals surface area (Å²) in [6, 6.07) is 0. The van der Waals surface area contributed by atoms with E-state index in [4.69, 9.17) is 0 Å². The normalized spacial score (nSPS) is 21.1. The molecule has 0 aromatic heterocycles. The van der Waals surface area contributed by atoms with Gasteiger partial charge in [0.1, 0.15) is 11.5 Å². The summed E-state index contributed by atoms with van der Waals surface area (Å²) in [5, 5.41) is 0. The zero-order valence-electron chi connectivity index (χ0n) is 7.69. The van der Waals surface area contributed by atoms with Crippen LogP contribution in [0.15, 0.2) is 22.3 Å². The monoisotopic (exact) mass is 190 g/mol. The number of likely N-dealkylation sites (tertiary alicyclic amines) is 1. The summed E-state index contributed by atoms with van der Waals surface area (Å²) in [5.74, 6) is 1.11. The Morgan fingerprint density at radius 2 is 2.07 bits per heavy atom. The van der Waals surface area contributed by atoms with Crippen molar-refractivity contribution in [2.24, 2.45) is 4.99 Å². The SMILES string of the molecule is O=C=C1C=C(N2CCCC2)C=NC1=O. The molecule has 0 saturated carbocycles. The van der Waals surface area contributed by atoms with Crippen molar-refractivity contribution in [3.63, 3.8) is 0 Å². The summed E-state index contributed by atoms with van der Waals surface area (Å²) in [6.45, 7) is 1.94. The van der Waals surface area contributed by atoms with Gasteiger partial charge in [0.15, 0.2) is 0 Å². The lowest BCUT2D eigenvalue weighted by atomic mass is 10.2. The van der Waals surface area contributed by atoms with E-state index in [1.165, 1.54) is 6.21 Å². The van der Waals surface area contributed by atoms with Crippen molar-refractivity contribution in [1.82, 2.24) is 4.90 Å². The van der Waals surface area contributed by atoms with E-state index in [9.17, 15) is 9.59 Å². The fourth-order valence-corrected chi connectivity index (χ4v) is 1.66. The number of dihydropyridines is 1. The van der Waals surface area contributed by atoms with Gasteiger partial charge in [0.2, 0.25) is 0 Å². The van der Waals surface area contributed by atoms with Crippen molar-refractivity contribution in [2.75, 3.05) is 13.1 Å². The summed E-state index contributed by atoms with van der Waals surface area (Å²) in [7, 11) is 0. The van der Waals surface area contributed by atoms with E-state index in [0.29, 0.717) is 0 Å². The molecule has 1 saturated heterocycles. The Balaban J connectivity index is 2.24. The van der Waals surface area contributed by atoms with Crippen LogP contribution in [-0.4, -0.2) is 36.1 Å². The van der Waals surface area contributed by atoms with Gasteiger partial charge in [-0.3, -0.25) is 4.79 Å². The minimum Gasteiger partial charge on any atom is -0.370 e. The highest BCUT2D eigenvalue weighted by Crippen LogP contribution is 2.17. The summed E-state index contributed by atoms with van der Waals surface area (Å²) in [5.41, 5.74) is 0.870. The van der Waals surface area contributed by atoms with Gasteiger partial charge < -0.3 is 4.90 Å². The number of carbonyl (C=O) groups excluding carboxylic acids is 2. The molecule has 0 aliphatic carbocycles. The molecule has 4 nitrogen and oxygen atoms in total. The summed E-state index contributed by atoms with van der Waals surface area (Å²) in [4.78, 5) is 27.2. The van der Waals surface area contributed by atoms with Gasteiger partial charge in [0, 0.05) is 13.1 Å². The van der Waals surface area contributed by atoms with Crippen LogP contribution in [0.3, 0.4) is 0 Å². The van der Waals surface area contributed by atoms with Gasteiger partial charge in [0.05, 0.1) is 11.9 Å². The zero-order valence-corrected chi connectivity index (χ0v) is 7.69. The van der Waals surface area contributed by atoms with Crippen LogP contribution in [0.2, 0.25) is 0 Å². The quantitative estimate of drug-likeness (QED) is 0.442. The van der Waals surface area contributed by atoms with Crippen LogP contribution < -0.4 is 0 Å². The first-order valence-electron chi connectivity index (χ1n) is 4.61. The standard InChI is InChI=1S/C10H10N2O2/c13-7-8-5-9(6-11-10(8)14)12-3-1-2-4-12/h5-6H,1-4H2. The second-order valence-electron chi connectivity index (χ2n) is 3.34. The van der Waals surface area contributed by atoms with Crippen molar-refractivity contribution in [3.05, 3.63) is 17.3 Å². The molecule has 2 rings (SSSR count). The fraction of sp³-hybridized carbons (Fsp3) is 0.400. The van der Waals surface area contributed by atoms with E-state index >= 15 is 0 Å². The van der Waals surface area contributed by atoms with Crippen LogP contribution >= 0.6 is 0 Å². The molecule has 0 unspecified atom stereocenters. The Morgan fingerprint density at radius 1 is 1.36 bits per heavy atom. The summed E-state index contributed by atoms with van der Waals surface area (Å²) in [6.07, 6.45) is 5.39. The van der Waals surface area contributed by atoms with Gasteiger partial charge in [-0.2, -0.15) is 0 Å². The number of amides is 1. The van der Waals surface area contributed by atoms with Gasteiger partial charge in [-0.1, -0.05) is 0 Å². The fourth-order valence-electron chi connectivity index (χ4n) is 1.66. The molecule has 0 aromatic rings. The van der Waals surface area contributed by atoms with Crippen molar-refractivity contribution in [1.29, 1.82) is 0 Å². The molecule has 1 fully saturated rings. The highest BCUT2D eigenvalue weighted by atomic mass is 16.2. The molecule has 72 valence electrons. The first-order chi connectivity index (χ1) is 6.81. The van der Waals surface area contributed by atoms with E-state index in [1.807, 2.05) is 0 Å². The number of hydrogen-bond donors (Lipinski definition) is 0. The molecule has 0 radical (unpaired) electrons. The minimum absolute atomic E-state index is 0.0226. The van der Waals surface area contributed by atoms with Crippen LogP contribution in [0.1, 0.15) is 12.8 Å². The number of rotatable bonds is 1. The van der Waals surface area contributed by atoms with Crippen LogP contribution in [0, 0.1) is 0 Å². The highest BCUT2D eigenvalue weighted by molar-refractivity contribution is 6.11. The molecule has 4 heteroatoms. The Kier molecular flexibility index (Phi) is 2.29. The Labute approximate surface area is 81.6 Å². The van der Waals surface area contributed by atoms with E-state index < -0.39 is 5.91 Å². The maximum absolute atomic E-state index is 11.0. The van der Waals surface area contributed by atoms with Crippen LogP contribution in [0.5, 0.6) is 0 Å². The average molecular weight is 190 g/mol. The summed E-state index contributed by atoms with van der Waals surface area (Å²) < 4.78 is 0. The van der Waals surface area contributed by atoms with Gasteiger partial charge in [-0.25, -0.2) is 9.79 Å². The largest absolute Gasteiger partial charge is 0.370 e. The number of nitrogens with zero attached hydrogens (tertiary/aromatic N) is 2. The van der Waals surface area contributed by atoms with E-state index in [1.54, 1.807) is 12.0 Å². The number of hydrogen-bond acceptors (Lipinski definition) is 3. The first-order valence-corrected chi connectivity index (χ1v) is 4.61. The molecule has 0 N–H and O–H groups in total. The smallest absolute Gasteiger partial charge is 0.288 e. The molecule has 0 spiro atoms. The first kappa shape index (κ1) is 8.91. The van der Waals surface area contributed by atoms with Crippen molar-refractivity contribution in [3.8, 4) is 0 Å². The molecule has 2 aliphatic heterocycles. The Bertz CT molecular complexity index is 370. The van der Waals surface area contributed by atoms with Crippen LogP contribution in [0.25, 0.3) is 0 Å². The lowest BCUT2D eigenvalue weighted by Crippen LogP contribution is -2.22. The average Bonchev–Trinajstić information content (AvgIpc) is 2.71. The molecular formula is C10H10N2O2. The second-order valence-corrected chi connectivity index (χ2v) is 3.34. The molecule has 14 heavy (non-hydrogen) atoms. The number of allylic oxidation sites excluding steroid dienone is 1. The van der Waals surface area contributed by atoms with Crippen LogP contribution in [-0.2, 0) is 9.59 Å². The van der Waals surface area contributed by atoms with Gasteiger partial charge in [-0.05, 0) is 18.9 Å². The Morgan fingerprint density at radius 3 is 2.71 bits per heavy atom. The van der Waals surface area contributed by atoms with Crippen molar-refractivity contribution >= 4 is 18.1 Å². The predicted octanol–water partition coefficient (Wildman–Crippen LogP) is 0.335. The van der Waals surface area contributed by atoms with E-state index in [2.05, 4.69) is 9.89 Å². The minimum atomic E-state index is -0.497. The molecule has 0 atom stereocenters. The summed E-state index contributed by atoms with van der Waals surface area (Å²) >= 11 is 0. The highest BCUT2D eigenvalue weighted by Gasteiger charge is 2.19. The third-order valence-corrected chi connectivity index (χ3v) is 2.42. The van der Waals surface area contributed by atoms with Gasteiger partial charge in [0.25, 0.3) is 5.91 Å². The number of carbonyl (C=O) groups is 1. The molecule has 1 amide bonds. The van der Waals surface area contributed by atoms with Gasteiger partial charge in [-0.15, -0.1) is 0 Å². The predicted molar refractivity (Wildman–Crippen MR) is 51.6 cm³/mol. The lowest BCUT2D eigenvalue weighted by molar-refractivity contribution is -0.114.